The molecule has 3 aromatic rings. The minimum Gasteiger partial charge on any atom is -0.321 e. The van der Waals surface area contributed by atoms with Crippen LogP contribution in [0.25, 0.3) is 11.0 Å². The van der Waals surface area contributed by atoms with Gasteiger partial charge in [0.2, 0.25) is 0 Å². The molecule has 104 valence electrons. The van der Waals surface area contributed by atoms with Gasteiger partial charge in [-0.3, -0.25) is 14.8 Å². The molecular weight excluding hydrogens is 356 g/mol. The van der Waals surface area contributed by atoms with E-state index < -0.39 is 0 Å². The van der Waals surface area contributed by atoms with E-state index in [1.54, 1.807) is 36.7 Å². The monoisotopic (exact) mass is 362 g/mol. The van der Waals surface area contributed by atoms with Crippen molar-refractivity contribution in [3.8, 4) is 0 Å². The predicted molar refractivity (Wildman–Crippen MR) is 84.4 cm³/mol. The van der Waals surface area contributed by atoms with Crippen molar-refractivity contribution in [1.29, 1.82) is 0 Å². The zero-order valence-corrected chi connectivity index (χ0v) is 12.9. The fraction of sp³-hybridized carbons (Fsp3) is 0. The van der Waals surface area contributed by atoms with Gasteiger partial charge >= 0.3 is 0 Å². The molecule has 1 aromatic carbocycles. The molecule has 2 heterocycles. The van der Waals surface area contributed by atoms with Crippen molar-refractivity contribution in [1.82, 2.24) is 15.0 Å². The maximum absolute atomic E-state index is 12.2. The SMILES string of the molecule is O=C(Nc1cnc(Cl)c(Br)c1)c1ccc2nccnc2c1. The van der Waals surface area contributed by atoms with Crippen LogP contribution in [0.15, 0.2) is 47.3 Å². The number of halogens is 2. The highest BCUT2D eigenvalue weighted by Crippen LogP contribution is 2.23. The molecule has 0 spiro atoms. The standard InChI is InChI=1S/C14H8BrClN4O/c15-10-6-9(7-19-13(10)16)20-14(21)8-1-2-11-12(5-8)18-4-3-17-11/h1-7H,(H,20,21). The van der Waals surface area contributed by atoms with Crippen molar-refractivity contribution in [2.75, 3.05) is 5.32 Å². The van der Waals surface area contributed by atoms with Crippen LogP contribution in [0.1, 0.15) is 10.4 Å². The van der Waals surface area contributed by atoms with E-state index in [9.17, 15) is 4.79 Å². The first-order valence-corrected chi connectivity index (χ1v) is 7.14. The highest BCUT2D eigenvalue weighted by Gasteiger charge is 2.09. The summed E-state index contributed by atoms with van der Waals surface area (Å²) in [5.74, 6) is -0.251. The molecule has 0 saturated heterocycles. The molecule has 21 heavy (non-hydrogen) atoms. The number of nitrogens with one attached hydrogen (secondary N) is 1. The Morgan fingerprint density at radius 3 is 2.62 bits per heavy atom. The second-order valence-corrected chi connectivity index (χ2v) is 5.42. The summed E-state index contributed by atoms with van der Waals surface area (Å²) in [6.07, 6.45) is 4.69. The fourth-order valence-electron chi connectivity index (χ4n) is 1.80. The first-order valence-electron chi connectivity index (χ1n) is 5.96. The van der Waals surface area contributed by atoms with Crippen LogP contribution in [0.4, 0.5) is 5.69 Å². The minimum atomic E-state index is -0.251. The Labute approximate surface area is 133 Å². The van der Waals surface area contributed by atoms with Gasteiger partial charge in [-0.15, -0.1) is 0 Å². The van der Waals surface area contributed by atoms with Crippen molar-refractivity contribution in [3.05, 3.63) is 58.0 Å². The molecule has 0 aliphatic heterocycles. The molecule has 0 unspecified atom stereocenters. The summed E-state index contributed by atoms with van der Waals surface area (Å²) in [5.41, 5.74) is 2.45. The average Bonchev–Trinajstić information content (AvgIpc) is 2.50. The van der Waals surface area contributed by atoms with Crippen molar-refractivity contribution in [2.24, 2.45) is 0 Å². The summed E-state index contributed by atoms with van der Waals surface area (Å²) in [6, 6.07) is 6.84. The maximum Gasteiger partial charge on any atom is 0.255 e. The molecule has 0 bridgehead atoms. The maximum atomic E-state index is 12.2. The van der Waals surface area contributed by atoms with E-state index >= 15 is 0 Å². The predicted octanol–water partition coefficient (Wildman–Crippen LogP) is 3.69. The quantitative estimate of drug-likeness (QED) is 0.705. The topological polar surface area (TPSA) is 67.8 Å². The number of hydrogen-bond acceptors (Lipinski definition) is 4. The Bertz CT molecular complexity index is 840. The lowest BCUT2D eigenvalue weighted by molar-refractivity contribution is 0.102. The molecule has 7 heteroatoms. The van der Waals surface area contributed by atoms with Crippen molar-refractivity contribution < 1.29 is 4.79 Å². The number of benzene rings is 1. The van der Waals surface area contributed by atoms with Gasteiger partial charge in [0.25, 0.3) is 5.91 Å². The zero-order valence-electron chi connectivity index (χ0n) is 10.5. The highest BCUT2D eigenvalue weighted by molar-refractivity contribution is 9.10. The lowest BCUT2D eigenvalue weighted by Gasteiger charge is -2.06. The first kappa shape index (κ1) is 13.9. The number of nitrogens with zero attached hydrogens (tertiary/aromatic N) is 3. The fourth-order valence-corrected chi connectivity index (χ4v) is 2.25. The van der Waals surface area contributed by atoms with Crippen molar-refractivity contribution in [2.45, 2.75) is 0 Å². The van der Waals surface area contributed by atoms with Gasteiger partial charge in [0, 0.05) is 18.0 Å². The van der Waals surface area contributed by atoms with Crippen LogP contribution in [0, 0.1) is 0 Å². The number of amides is 1. The molecule has 0 aliphatic carbocycles. The largest absolute Gasteiger partial charge is 0.321 e. The van der Waals surface area contributed by atoms with Crippen LogP contribution in [0.2, 0.25) is 5.15 Å². The smallest absolute Gasteiger partial charge is 0.255 e. The Hall–Kier alpha value is -2.05. The van der Waals surface area contributed by atoms with Crippen LogP contribution in [0.5, 0.6) is 0 Å². The number of anilines is 1. The highest BCUT2D eigenvalue weighted by atomic mass is 79.9. The van der Waals surface area contributed by atoms with Gasteiger partial charge in [-0.1, -0.05) is 11.6 Å². The van der Waals surface area contributed by atoms with Gasteiger partial charge in [-0.25, -0.2) is 4.98 Å². The molecule has 2 aromatic heterocycles. The lowest BCUT2D eigenvalue weighted by atomic mass is 10.2. The van der Waals surface area contributed by atoms with E-state index in [0.29, 0.717) is 26.4 Å². The second-order valence-electron chi connectivity index (χ2n) is 4.21. The van der Waals surface area contributed by atoms with E-state index in [1.165, 1.54) is 6.20 Å². The number of carbonyl (C=O) groups is 1. The van der Waals surface area contributed by atoms with Gasteiger partial charge < -0.3 is 5.32 Å². The van der Waals surface area contributed by atoms with E-state index in [2.05, 4.69) is 36.2 Å². The Morgan fingerprint density at radius 2 is 1.86 bits per heavy atom. The van der Waals surface area contributed by atoms with E-state index in [-0.39, 0.29) is 5.91 Å². The van der Waals surface area contributed by atoms with Crippen LogP contribution in [-0.4, -0.2) is 20.9 Å². The summed E-state index contributed by atoms with van der Waals surface area (Å²) < 4.78 is 0.617. The summed E-state index contributed by atoms with van der Waals surface area (Å²) in [6.45, 7) is 0. The molecule has 3 rings (SSSR count). The van der Waals surface area contributed by atoms with Gasteiger partial charge in [0.1, 0.15) is 5.15 Å². The minimum absolute atomic E-state index is 0.251. The van der Waals surface area contributed by atoms with E-state index in [1.807, 2.05) is 0 Å². The molecule has 0 radical (unpaired) electrons. The third-order valence-corrected chi connectivity index (χ3v) is 3.92. The number of fused-ring (bicyclic) bond motifs is 1. The number of hydrogen-bond donors (Lipinski definition) is 1. The van der Waals surface area contributed by atoms with Crippen LogP contribution in [0.3, 0.4) is 0 Å². The zero-order chi connectivity index (χ0) is 14.8. The third kappa shape index (κ3) is 3.01. The molecule has 0 atom stereocenters. The van der Waals surface area contributed by atoms with Gasteiger partial charge in [-0.05, 0) is 40.2 Å². The summed E-state index contributed by atoms with van der Waals surface area (Å²) in [4.78, 5) is 24.5. The van der Waals surface area contributed by atoms with Gasteiger partial charge in [-0.2, -0.15) is 0 Å². The third-order valence-electron chi connectivity index (χ3n) is 2.79. The van der Waals surface area contributed by atoms with Crippen molar-refractivity contribution >= 4 is 50.2 Å². The van der Waals surface area contributed by atoms with E-state index in [4.69, 9.17) is 11.6 Å². The molecule has 5 nitrogen and oxygen atoms in total. The normalized spacial score (nSPS) is 10.6. The summed E-state index contributed by atoms with van der Waals surface area (Å²) in [7, 11) is 0. The van der Waals surface area contributed by atoms with Crippen LogP contribution in [-0.2, 0) is 0 Å². The lowest BCUT2D eigenvalue weighted by Crippen LogP contribution is -2.12. The number of pyridine rings is 1. The molecular formula is C14H8BrClN4O. The van der Waals surface area contributed by atoms with Crippen LogP contribution >= 0.6 is 27.5 Å². The number of rotatable bonds is 2. The van der Waals surface area contributed by atoms with Crippen molar-refractivity contribution in [3.63, 3.8) is 0 Å². The molecule has 0 aliphatic rings. The molecule has 1 N–H and O–H groups in total. The van der Waals surface area contributed by atoms with E-state index in [0.717, 1.165) is 5.52 Å². The Balaban J connectivity index is 1.87. The summed E-state index contributed by atoms with van der Waals surface area (Å²) >= 11 is 9.07. The Kier molecular flexibility index (Phi) is 3.81. The average molecular weight is 364 g/mol. The number of aromatic nitrogens is 3. The van der Waals surface area contributed by atoms with Crippen LogP contribution < -0.4 is 5.32 Å². The second kappa shape index (κ2) is 5.75. The summed E-state index contributed by atoms with van der Waals surface area (Å²) in [5, 5.41) is 3.09. The molecule has 0 saturated carbocycles. The first-order chi connectivity index (χ1) is 10.1. The van der Waals surface area contributed by atoms with Gasteiger partial charge in [0.15, 0.2) is 0 Å². The van der Waals surface area contributed by atoms with Gasteiger partial charge in [0.05, 0.1) is 27.4 Å². The molecule has 0 fully saturated rings. The number of carbonyl (C=O) groups excluding carboxylic acids is 1. The Morgan fingerprint density at radius 1 is 1.10 bits per heavy atom. The molecule has 1 amide bonds.